The van der Waals surface area contributed by atoms with E-state index in [4.69, 9.17) is 9.47 Å². The fraction of sp³-hybridized carbons (Fsp3) is 0.615. The van der Waals surface area contributed by atoms with E-state index in [1.165, 1.54) is 0 Å². The monoisotopic (exact) mass is 238 g/mol. The van der Waals surface area contributed by atoms with Gasteiger partial charge in [-0.2, -0.15) is 0 Å². The Morgan fingerprint density at radius 3 is 2.71 bits per heavy atom. The number of rotatable bonds is 8. The molecule has 1 heterocycles. The summed E-state index contributed by atoms with van der Waals surface area (Å²) in [6.07, 6.45) is 2.00. The van der Waals surface area contributed by atoms with Gasteiger partial charge in [0.15, 0.2) is 0 Å². The van der Waals surface area contributed by atoms with Crippen LogP contribution in [0.1, 0.15) is 26.5 Å². The molecule has 0 radical (unpaired) electrons. The third kappa shape index (κ3) is 6.24. The molecule has 4 nitrogen and oxygen atoms in total. The molecule has 0 aliphatic rings. The number of nitrogens with one attached hydrogen (secondary N) is 1. The van der Waals surface area contributed by atoms with Gasteiger partial charge in [0.2, 0.25) is 0 Å². The van der Waals surface area contributed by atoms with Gasteiger partial charge < -0.3 is 14.8 Å². The highest BCUT2D eigenvalue weighted by Gasteiger charge is 1.97. The third-order valence-electron chi connectivity index (χ3n) is 2.16. The van der Waals surface area contributed by atoms with Crippen molar-refractivity contribution >= 4 is 0 Å². The predicted octanol–water partition coefficient (Wildman–Crippen LogP) is 1.99. The Bertz CT molecular complexity index is 299. The van der Waals surface area contributed by atoms with Crippen LogP contribution in [0.2, 0.25) is 0 Å². The summed E-state index contributed by atoms with van der Waals surface area (Å²) in [5, 5.41) is 3.23. The van der Waals surface area contributed by atoms with Crippen LogP contribution in [0.25, 0.3) is 0 Å². The van der Waals surface area contributed by atoms with Gasteiger partial charge in [-0.25, -0.2) is 0 Å². The minimum Gasteiger partial charge on any atom is -0.490 e. The normalized spacial score (nSPS) is 10.8. The molecule has 1 N–H and O–H groups in total. The first-order chi connectivity index (χ1) is 8.22. The van der Waals surface area contributed by atoms with Gasteiger partial charge in [0.1, 0.15) is 12.4 Å². The smallest absolute Gasteiger partial charge is 0.137 e. The number of nitrogens with zero attached hydrogens (tertiary/aromatic N) is 1. The van der Waals surface area contributed by atoms with E-state index in [0.29, 0.717) is 13.2 Å². The molecule has 1 rings (SSSR count). The van der Waals surface area contributed by atoms with Gasteiger partial charge >= 0.3 is 0 Å². The van der Waals surface area contributed by atoms with Gasteiger partial charge in [0.05, 0.1) is 24.6 Å². The minimum absolute atomic E-state index is 0.249. The summed E-state index contributed by atoms with van der Waals surface area (Å²) < 4.78 is 10.9. The second kappa shape index (κ2) is 8.03. The molecule has 0 spiro atoms. The summed E-state index contributed by atoms with van der Waals surface area (Å²) in [7, 11) is 0. The second-order valence-electron chi connectivity index (χ2n) is 4.03. The fourth-order valence-corrected chi connectivity index (χ4v) is 1.30. The highest BCUT2D eigenvalue weighted by molar-refractivity contribution is 5.19. The van der Waals surface area contributed by atoms with E-state index in [1.54, 1.807) is 6.20 Å². The van der Waals surface area contributed by atoms with Crippen molar-refractivity contribution in [3.05, 3.63) is 24.0 Å². The van der Waals surface area contributed by atoms with Crippen molar-refractivity contribution in [1.82, 2.24) is 10.3 Å². The van der Waals surface area contributed by atoms with Crippen molar-refractivity contribution in [3.8, 4) is 5.75 Å². The standard InChI is InChI=1S/C13H22N2O2/c1-4-14-9-12-5-6-13(10-15-12)17-8-7-16-11(2)3/h5-6,10-11,14H,4,7-9H2,1-3H3. The summed E-state index contributed by atoms with van der Waals surface area (Å²) in [6, 6.07) is 3.91. The van der Waals surface area contributed by atoms with Gasteiger partial charge in [0.25, 0.3) is 0 Å². The van der Waals surface area contributed by atoms with Crippen molar-refractivity contribution in [3.63, 3.8) is 0 Å². The average molecular weight is 238 g/mol. The first-order valence-electron chi connectivity index (χ1n) is 6.12. The molecule has 4 heteroatoms. The lowest BCUT2D eigenvalue weighted by Gasteiger charge is -2.09. The maximum Gasteiger partial charge on any atom is 0.137 e. The Morgan fingerprint density at radius 2 is 2.12 bits per heavy atom. The fourth-order valence-electron chi connectivity index (χ4n) is 1.30. The van der Waals surface area contributed by atoms with Crippen LogP contribution in [-0.2, 0) is 11.3 Å². The molecule has 0 aliphatic carbocycles. The van der Waals surface area contributed by atoms with Crippen molar-refractivity contribution in [1.29, 1.82) is 0 Å². The largest absolute Gasteiger partial charge is 0.490 e. The molecule has 0 saturated heterocycles. The van der Waals surface area contributed by atoms with E-state index in [9.17, 15) is 0 Å². The molecule has 1 aromatic heterocycles. The van der Waals surface area contributed by atoms with E-state index < -0.39 is 0 Å². The lowest BCUT2D eigenvalue weighted by Crippen LogP contribution is -2.13. The van der Waals surface area contributed by atoms with E-state index in [0.717, 1.165) is 24.5 Å². The van der Waals surface area contributed by atoms with Crippen molar-refractivity contribution < 1.29 is 9.47 Å². The summed E-state index contributed by atoms with van der Waals surface area (Å²) in [6.45, 7) is 9.02. The summed E-state index contributed by atoms with van der Waals surface area (Å²) >= 11 is 0. The highest BCUT2D eigenvalue weighted by atomic mass is 16.5. The topological polar surface area (TPSA) is 43.4 Å². The van der Waals surface area contributed by atoms with E-state index >= 15 is 0 Å². The average Bonchev–Trinajstić information content (AvgIpc) is 2.33. The van der Waals surface area contributed by atoms with Gasteiger partial charge in [0, 0.05) is 6.54 Å². The number of hydrogen-bond donors (Lipinski definition) is 1. The lowest BCUT2D eigenvalue weighted by atomic mass is 10.3. The van der Waals surface area contributed by atoms with Crippen LogP contribution >= 0.6 is 0 Å². The van der Waals surface area contributed by atoms with E-state index in [-0.39, 0.29) is 6.10 Å². The first-order valence-corrected chi connectivity index (χ1v) is 6.12. The molecular weight excluding hydrogens is 216 g/mol. The number of pyridine rings is 1. The van der Waals surface area contributed by atoms with Crippen LogP contribution in [0.4, 0.5) is 0 Å². The Hall–Kier alpha value is -1.13. The molecule has 96 valence electrons. The molecule has 0 saturated carbocycles. The zero-order valence-electron chi connectivity index (χ0n) is 10.9. The van der Waals surface area contributed by atoms with E-state index in [1.807, 2.05) is 26.0 Å². The van der Waals surface area contributed by atoms with E-state index in [2.05, 4.69) is 17.2 Å². The van der Waals surface area contributed by atoms with Crippen molar-refractivity contribution in [2.45, 2.75) is 33.4 Å². The molecule has 0 atom stereocenters. The number of ether oxygens (including phenoxy) is 2. The molecule has 1 aromatic rings. The van der Waals surface area contributed by atoms with Crippen LogP contribution in [0, 0.1) is 0 Å². The molecule has 0 bridgehead atoms. The van der Waals surface area contributed by atoms with Gasteiger partial charge in [-0.1, -0.05) is 6.92 Å². The highest BCUT2D eigenvalue weighted by Crippen LogP contribution is 2.08. The Morgan fingerprint density at radius 1 is 1.29 bits per heavy atom. The molecule has 17 heavy (non-hydrogen) atoms. The minimum atomic E-state index is 0.249. The first kappa shape index (κ1) is 13.9. The third-order valence-corrected chi connectivity index (χ3v) is 2.16. The summed E-state index contributed by atoms with van der Waals surface area (Å²) in [5.41, 5.74) is 1.03. The maximum atomic E-state index is 5.51. The Balaban J connectivity index is 2.25. The van der Waals surface area contributed by atoms with Gasteiger partial charge in [-0.3, -0.25) is 4.98 Å². The molecule has 0 fully saturated rings. The molecule has 0 aromatic carbocycles. The van der Waals surface area contributed by atoms with Crippen LogP contribution < -0.4 is 10.1 Å². The molecule has 0 unspecified atom stereocenters. The van der Waals surface area contributed by atoms with Crippen molar-refractivity contribution in [2.24, 2.45) is 0 Å². The predicted molar refractivity (Wildman–Crippen MR) is 68.2 cm³/mol. The maximum absolute atomic E-state index is 5.51. The molecule has 0 amide bonds. The number of hydrogen-bond acceptors (Lipinski definition) is 4. The second-order valence-corrected chi connectivity index (χ2v) is 4.03. The number of aromatic nitrogens is 1. The van der Waals surface area contributed by atoms with Crippen LogP contribution in [0.15, 0.2) is 18.3 Å². The SMILES string of the molecule is CCNCc1ccc(OCCOC(C)C)cn1. The summed E-state index contributed by atoms with van der Waals surface area (Å²) in [5.74, 6) is 0.789. The van der Waals surface area contributed by atoms with Crippen LogP contribution in [0.5, 0.6) is 5.75 Å². The zero-order valence-corrected chi connectivity index (χ0v) is 10.9. The van der Waals surface area contributed by atoms with Crippen LogP contribution in [-0.4, -0.2) is 30.8 Å². The zero-order chi connectivity index (χ0) is 12.5. The molecular formula is C13H22N2O2. The quantitative estimate of drug-likeness (QED) is 0.703. The molecule has 0 aliphatic heterocycles. The van der Waals surface area contributed by atoms with Gasteiger partial charge in [-0.05, 0) is 32.5 Å². The van der Waals surface area contributed by atoms with Gasteiger partial charge in [-0.15, -0.1) is 0 Å². The Kier molecular flexibility index (Phi) is 6.58. The Labute approximate surface area is 103 Å². The van der Waals surface area contributed by atoms with Crippen LogP contribution in [0.3, 0.4) is 0 Å². The van der Waals surface area contributed by atoms with Crippen molar-refractivity contribution in [2.75, 3.05) is 19.8 Å². The summed E-state index contributed by atoms with van der Waals surface area (Å²) in [4.78, 5) is 4.30. The lowest BCUT2D eigenvalue weighted by molar-refractivity contribution is 0.0552.